The van der Waals surface area contributed by atoms with Gasteiger partial charge in [0.25, 0.3) is 0 Å². The Hall–Kier alpha value is -2.88. The number of allylic oxidation sites excluding steroid dienone is 6. The topological polar surface area (TPSA) is 91.0 Å². The van der Waals surface area contributed by atoms with Gasteiger partial charge in [-0.3, -0.25) is 14.0 Å². The molecule has 4 aliphatic rings. The largest absolute Gasteiger partial charge is 0.383 e. The van der Waals surface area contributed by atoms with Gasteiger partial charge in [0.1, 0.15) is 0 Å². The molecule has 0 radical (unpaired) electrons. The van der Waals surface area contributed by atoms with Gasteiger partial charge in [-0.05, 0) is 62.0 Å². The summed E-state index contributed by atoms with van der Waals surface area (Å²) >= 11 is 6.57. The molecule has 196 valence electrons. The number of benzene rings is 1. The Morgan fingerprint density at radius 2 is 2.16 bits per heavy atom. The molecule has 1 fully saturated rings. The molecule has 2 N–H and O–H groups in total. The van der Waals surface area contributed by atoms with Crippen molar-refractivity contribution in [1.82, 2.24) is 14.9 Å². The summed E-state index contributed by atoms with van der Waals surface area (Å²) in [5.41, 5.74) is 4.36. The highest BCUT2D eigenvalue weighted by Gasteiger charge is 2.35. The molecule has 0 aromatic heterocycles. The van der Waals surface area contributed by atoms with Gasteiger partial charge in [-0.25, -0.2) is 9.00 Å². The fraction of sp³-hybridized carbons (Fsp3) is 0.407. The van der Waals surface area contributed by atoms with Crippen molar-refractivity contribution in [3.8, 4) is 0 Å². The molecule has 2 aliphatic carbocycles. The van der Waals surface area contributed by atoms with Crippen LogP contribution in [0.4, 0.5) is 10.5 Å². The lowest BCUT2D eigenvalue weighted by Gasteiger charge is -2.37. The number of carbonyl (C=O) groups excluding carboxylic acids is 2. The molecule has 8 nitrogen and oxygen atoms in total. The van der Waals surface area contributed by atoms with E-state index < -0.39 is 11.0 Å². The smallest absolute Gasteiger partial charge is 0.326 e. The molecule has 10 heteroatoms. The molecule has 2 atom stereocenters. The van der Waals surface area contributed by atoms with Crippen LogP contribution in [0.5, 0.6) is 0 Å². The molecule has 1 aromatic carbocycles. The summed E-state index contributed by atoms with van der Waals surface area (Å²) in [4.78, 5) is 27.8. The van der Waals surface area contributed by atoms with Crippen LogP contribution in [0.15, 0.2) is 69.9 Å². The number of hydrogen-bond acceptors (Lipinski definition) is 4. The average molecular weight is 543 g/mol. The van der Waals surface area contributed by atoms with Gasteiger partial charge in [0.05, 0.1) is 22.2 Å². The molecule has 1 aromatic rings. The number of rotatable bonds is 7. The number of urea groups is 1. The van der Waals surface area contributed by atoms with E-state index in [4.69, 9.17) is 16.3 Å². The van der Waals surface area contributed by atoms with E-state index in [1.165, 1.54) is 5.57 Å². The van der Waals surface area contributed by atoms with Gasteiger partial charge in [-0.15, -0.1) is 0 Å². The number of nitrogens with zero attached hydrogens (tertiary/aromatic N) is 2. The van der Waals surface area contributed by atoms with Gasteiger partial charge in [0, 0.05) is 49.6 Å². The minimum Gasteiger partial charge on any atom is -0.383 e. The van der Waals surface area contributed by atoms with Crippen LogP contribution in [0, 0.1) is 5.92 Å². The summed E-state index contributed by atoms with van der Waals surface area (Å²) in [6.45, 7) is 1.97. The number of carbonyl (C=O) groups is 2. The molecular weight excluding hydrogens is 512 g/mol. The van der Waals surface area contributed by atoms with Crippen LogP contribution in [0.2, 0.25) is 5.02 Å². The Labute approximate surface area is 224 Å². The predicted octanol–water partition coefficient (Wildman–Crippen LogP) is 4.18. The number of nitrogens with one attached hydrogen (secondary N) is 2. The lowest BCUT2D eigenvalue weighted by molar-refractivity contribution is -0.117. The van der Waals surface area contributed by atoms with E-state index >= 15 is 0 Å². The maximum Gasteiger partial charge on any atom is 0.326 e. The Morgan fingerprint density at radius 3 is 3.00 bits per heavy atom. The van der Waals surface area contributed by atoms with Crippen LogP contribution in [-0.2, 0) is 20.5 Å². The lowest BCUT2D eigenvalue weighted by atomic mass is 9.88. The second-order valence-corrected chi connectivity index (χ2v) is 11.3. The minimum absolute atomic E-state index is 0.0834. The molecule has 2 aliphatic heterocycles. The molecule has 0 saturated carbocycles. The van der Waals surface area contributed by atoms with Crippen LogP contribution >= 0.6 is 11.6 Å². The number of ether oxygens (including phenoxy) is 1. The molecule has 5 rings (SSSR count). The minimum atomic E-state index is -1.41. The number of hydrogen-bond donors (Lipinski definition) is 2. The van der Waals surface area contributed by atoms with Crippen molar-refractivity contribution in [3.63, 3.8) is 0 Å². The van der Waals surface area contributed by atoms with Crippen molar-refractivity contribution in [2.75, 3.05) is 38.3 Å². The highest BCUT2D eigenvalue weighted by molar-refractivity contribution is 7.82. The summed E-state index contributed by atoms with van der Waals surface area (Å²) in [6.07, 6.45) is 12.2. The van der Waals surface area contributed by atoms with Gasteiger partial charge in [0.15, 0.2) is 11.0 Å². The van der Waals surface area contributed by atoms with Crippen LogP contribution in [-0.4, -0.2) is 53.8 Å². The second-order valence-electron chi connectivity index (χ2n) is 9.49. The molecule has 0 bridgehead atoms. The first kappa shape index (κ1) is 25.8. The zero-order valence-electron chi connectivity index (χ0n) is 20.8. The van der Waals surface area contributed by atoms with Gasteiger partial charge in [-0.1, -0.05) is 29.8 Å². The van der Waals surface area contributed by atoms with E-state index in [9.17, 15) is 13.8 Å². The number of fused-ring (bicyclic) bond motifs is 1. The monoisotopic (exact) mass is 542 g/mol. The number of methoxy groups -OCH3 is 1. The zero-order chi connectivity index (χ0) is 25.9. The summed E-state index contributed by atoms with van der Waals surface area (Å²) in [5, 5.41) is 6.21. The summed E-state index contributed by atoms with van der Waals surface area (Å²) < 4.78 is 20.7. The van der Waals surface area contributed by atoms with Crippen molar-refractivity contribution in [3.05, 3.63) is 70.1 Å². The fourth-order valence-corrected chi connectivity index (χ4v) is 6.78. The first-order valence-corrected chi connectivity index (χ1v) is 14.1. The zero-order valence-corrected chi connectivity index (χ0v) is 22.4. The third-order valence-corrected chi connectivity index (χ3v) is 8.89. The summed E-state index contributed by atoms with van der Waals surface area (Å²) in [7, 11) is 0.182. The Balaban J connectivity index is 1.35. The van der Waals surface area contributed by atoms with Crippen molar-refractivity contribution >= 4 is 40.2 Å². The van der Waals surface area contributed by atoms with Crippen LogP contribution in [0.3, 0.4) is 0 Å². The quantitative estimate of drug-likeness (QED) is 0.506. The Morgan fingerprint density at radius 1 is 1.30 bits per heavy atom. The first-order valence-electron chi connectivity index (χ1n) is 12.6. The normalized spacial score (nSPS) is 22.0. The number of halogens is 1. The van der Waals surface area contributed by atoms with E-state index in [2.05, 4.69) is 22.8 Å². The number of anilines is 1. The maximum absolute atomic E-state index is 13.7. The van der Waals surface area contributed by atoms with Crippen molar-refractivity contribution in [2.45, 2.75) is 37.0 Å². The molecule has 2 heterocycles. The molecule has 2 unspecified atom stereocenters. The number of amides is 3. The first-order chi connectivity index (χ1) is 18.0. The third-order valence-electron chi connectivity index (χ3n) is 7.11. The van der Waals surface area contributed by atoms with Gasteiger partial charge >= 0.3 is 6.03 Å². The van der Waals surface area contributed by atoms with E-state index in [1.54, 1.807) is 42.4 Å². The lowest BCUT2D eigenvalue weighted by Crippen LogP contribution is -2.51. The van der Waals surface area contributed by atoms with E-state index in [1.807, 2.05) is 4.31 Å². The van der Waals surface area contributed by atoms with Gasteiger partial charge < -0.3 is 15.4 Å². The fourth-order valence-electron chi connectivity index (χ4n) is 5.21. The summed E-state index contributed by atoms with van der Waals surface area (Å²) in [5.74, 6) is -0.223. The van der Waals surface area contributed by atoms with Gasteiger partial charge in [0.2, 0.25) is 5.91 Å². The van der Waals surface area contributed by atoms with Crippen LogP contribution < -0.4 is 15.5 Å². The van der Waals surface area contributed by atoms with Crippen molar-refractivity contribution < 1.29 is 18.5 Å². The van der Waals surface area contributed by atoms with E-state index in [-0.39, 0.29) is 17.9 Å². The molecule has 1 saturated heterocycles. The van der Waals surface area contributed by atoms with Gasteiger partial charge in [-0.2, -0.15) is 0 Å². The third kappa shape index (κ3) is 5.39. The van der Waals surface area contributed by atoms with Crippen molar-refractivity contribution in [1.29, 1.82) is 0 Å². The standard InChI is InChI=1S/C27H31ClN4O4S/c1-36-14-12-29-26(33)19-8-11-23-20(15-19)17-31(27(34)30-23)25-16-21(9-10-22(25)28)37(35)32-13-4-6-18-5-2-3-7-24(18)32/h2,5,8-11,16,20H,3-4,6-7,12-15,17H2,1H3,(H,29,33)(H,30,34). The van der Waals surface area contributed by atoms with Crippen molar-refractivity contribution in [2.24, 2.45) is 5.92 Å². The Bertz CT molecular complexity index is 1250. The van der Waals surface area contributed by atoms with E-state index in [0.29, 0.717) is 47.3 Å². The highest BCUT2D eigenvalue weighted by atomic mass is 35.5. The predicted molar refractivity (Wildman–Crippen MR) is 144 cm³/mol. The van der Waals surface area contributed by atoms with Crippen LogP contribution in [0.25, 0.3) is 0 Å². The average Bonchev–Trinajstić information content (AvgIpc) is 2.92. The summed E-state index contributed by atoms with van der Waals surface area (Å²) in [6, 6.07) is 4.94. The molecule has 3 amide bonds. The second kappa shape index (κ2) is 11.2. The highest BCUT2D eigenvalue weighted by Crippen LogP contribution is 2.37. The molecule has 37 heavy (non-hydrogen) atoms. The SMILES string of the molecule is COCCNC(=O)C1=CC=C2NC(=O)N(c3cc(S(=O)N4CCCC5=C4CCC=C5)ccc3Cl)CC2C1. The molecule has 0 spiro atoms. The maximum atomic E-state index is 13.7. The van der Waals surface area contributed by atoms with E-state index in [0.717, 1.165) is 43.6 Å². The Kier molecular flexibility index (Phi) is 7.83. The van der Waals surface area contributed by atoms with Crippen LogP contribution in [0.1, 0.15) is 32.1 Å². The molecular formula is C27H31ClN4O4S.